The first-order chi connectivity index (χ1) is 15.5. The van der Waals surface area contributed by atoms with Crippen molar-refractivity contribution < 1.29 is 0 Å². The van der Waals surface area contributed by atoms with Crippen molar-refractivity contribution in [3.63, 3.8) is 0 Å². The molecule has 0 amide bonds. The molecule has 0 saturated carbocycles. The smallest absolute Gasteiger partial charge is 0.0697 e. The molecule has 1 saturated heterocycles. The summed E-state index contributed by atoms with van der Waals surface area (Å²) in [6.07, 6.45) is 10.6. The molecule has 0 bridgehead atoms. The van der Waals surface area contributed by atoms with E-state index >= 15 is 0 Å². The summed E-state index contributed by atoms with van der Waals surface area (Å²) in [5.41, 5.74) is 15.9. The van der Waals surface area contributed by atoms with Crippen LogP contribution in [0.15, 0.2) is 72.1 Å². The predicted molar refractivity (Wildman–Crippen MR) is 135 cm³/mol. The van der Waals surface area contributed by atoms with Gasteiger partial charge >= 0.3 is 0 Å². The van der Waals surface area contributed by atoms with E-state index in [1.54, 1.807) is 6.08 Å². The number of allylic oxidation sites excluding steroid dienone is 2. The van der Waals surface area contributed by atoms with Crippen LogP contribution in [0.5, 0.6) is 0 Å². The van der Waals surface area contributed by atoms with Crippen LogP contribution in [0.4, 0.5) is 0 Å². The number of dihydropyridines is 1. The molecular weight excluding hydrogens is 394 g/mol. The summed E-state index contributed by atoms with van der Waals surface area (Å²) in [5.74, 6) is 0.280. The van der Waals surface area contributed by atoms with Gasteiger partial charge in [-0.15, -0.1) is 0 Å². The average molecular weight is 434 g/mol. The summed E-state index contributed by atoms with van der Waals surface area (Å²) in [5, 5.41) is 13.6. The Morgan fingerprint density at radius 2 is 1.94 bits per heavy atom. The van der Waals surface area contributed by atoms with Crippen molar-refractivity contribution in [2.45, 2.75) is 39.0 Å². The molecule has 5 N–H and O–H groups in total. The van der Waals surface area contributed by atoms with E-state index in [0.717, 1.165) is 56.8 Å². The highest BCUT2D eigenvalue weighted by molar-refractivity contribution is 5.42. The average Bonchev–Trinajstić information content (AvgIpc) is 2.83. The lowest BCUT2D eigenvalue weighted by Crippen LogP contribution is -2.43. The fraction of sp³-hybridized carbons (Fsp3) is 0.444. The maximum Gasteiger partial charge on any atom is 0.0697 e. The molecule has 5 nitrogen and oxygen atoms in total. The van der Waals surface area contributed by atoms with E-state index in [1.165, 1.54) is 23.7 Å². The number of piperidine rings is 1. The molecule has 0 aromatic heterocycles. The molecule has 1 aromatic carbocycles. The molecule has 5 heteroatoms. The van der Waals surface area contributed by atoms with E-state index in [9.17, 15) is 5.26 Å². The lowest BCUT2D eigenvalue weighted by Gasteiger charge is -2.42. The summed E-state index contributed by atoms with van der Waals surface area (Å²) in [4.78, 5) is 2.45. The fourth-order valence-electron chi connectivity index (χ4n) is 4.82. The Labute approximate surface area is 194 Å². The molecule has 2 aliphatic heterocycles. The number of hydrogen-bond donors (Lipinski definition) is 3. The molecule has 3 rings (SSSR count). The van der Waals surface area contributed by atoms with Gasteiger partial charge in [-0.25, -0.2) is 0 Å². The van der Waals surface area contributed by atoms with Gasteiger partial charge in [-0.1, -0.05) is 61.6 Å². The summed E-state index contributed by atoms with van der Waals surface area (Å²) in [6.45, 7) is 11.5. The van der Waals surface area contributed by atoms with Crippen molar-refractivity contribution >= 4 is 0 Å². The van der Waals surface area contributed by atoms with Crippen molar-refractivity contribution in [3.8, 4) is 6.07 Å². The summed E-state index contributed by atoms with van der Waals surface area (Å²) < 4.78 is 0. The van der Waals surface area contributed by atoms with E-state index in [4.69, 9.17) is 5.73 Å². The highest BCUT2D eigenvalue weighted by atomic mass is 15.1. The second kappa shape index (κ2) is 12.3. The first-order valence-corrected chi connectivity index (χ1v) is 11.5. The predicted octanol–water partition coefficient (Wildman–Crippen LogP) is 4.11. The van der Waals surface area contributed by atoms with Gasteiger partial charge in [0.05, 0.1) is 22.9 Å². The molecule has 172 valence electrons. The van der Waals surface area contributed by atoms with Crippen molar-refractivity contribution in [3.05, 3.63) is 83.2 Å². The SMILES string of the molecule is C=C/C=C(\N)C1=C(CN2CCC(C#N)(C(CC)c3ccc(C)cc3)CC2)C=CCN1.CN. The van der Waals surface area contributed by atoms with Gasteiger partial charge in [0.15, 0.2) is 0 Å². The van der Waals surface area contributed by atoms with Gasteiger partial charge in [-0.3, -0.25) is 4.90 Å². The summed E-state index contributed by atoms with van der Waals surface area (Å²) >= 11 is 0. The van der Waals surface area contributed by atoms with Crippen LogP contribution >= 0.6 is 0 Å². The standard InChI is InChI=1S/C26H34N4.CH5N/c1-4-7-24(28)25-22(8-6-15-29-25)18-30-16-13-26(19-27,14-17-30)23(5-2)21-11-9-20(3)10-12-21;1-2/h4,6-12,23,29H,1,5,13-18,28H2,2-3H3;2H2,1H3/b24-7-;. The number of rotatable bonds is 7. The fourth-order valence-corrected chi connectivity index (χ4v) is 4.82. The molecule has 1 fully saturated rings. The van der Waals surface area contributed by atoms with Gasteiger partial charge in [0.25, 0.3) is 0 Å². The Balaban J connectivity index is 0.00000176. The largest absolute Gasteiger partial charge is 0.397 e. The van der Waals surface area contributed by atoms with E-state index in [-0.39, 0.29) is 11.3 Å². The zero-order chi connectivity index (χ0) is 23.6. The zero-order valence-corrected chi connectivity index (χ0v) is 19.9. The third-order valence-corrected chi connectivity index (χ3v) is 6.54. The van der Waals surface area contributed by atoms with Crippen molar-refractivity contribution in [1.82, 2.24) is 10.2 Å². The third-order valence-electron chi connectivity index (χ3n) is 6.54. The monoisotopic (exact) mass is 433 g/mol. The number of benzene rings is 1. The van der Waals surface area contributed by atoms with Gasteiger partial charge in [-0.05, 0) is 50.4 Å². The number of nitrogens with two attached hydrogens (primary N) is 2. The number of nitriles is 1. The minimum Gasteiger partial charge on any atom is -0.397 e. The quantitative estimate of drug-likeness (QED) is 0.563. The van der Waals surface area contributed by atoms with Gasteiger partial charge in [-0.2, -0.15) is 5.26 Å². The minimum absolute atomic E-state index is 0.280. The first-order valence-electron chi connectivity index (χ1n) is 11.5. The molecule has 2 aliphatic rings. The highest BCUT2D eigenvalue weighted by Crippen LogP contribution is 2.46. The topological polar surface area (TPSA) is 91.1 Å². The van der Waals surface area contributed by atoms with E-state index in [1.807, 2.05) is 6.08 Å². The van der Waals surface area contributed by atoms with Crippen LogP contribution in [0, 0.1) is 23.7 Å². The molecule has 0 aliphatic carbocycles. The number of nitrogens with one attached hydrogen (secondary N) is 1. The van der Waals surface area contributed by atoms with Crippen molar-refractivity contribution in [2.24, 2.45) is 16.9 Å². The van der Waals surface area contributed by atoms with Crippen LogP contribution in [0.25, 0.3) is 0 Å². The summed E-state index contributed by atoms with van der Waals surface area (Å²) in [7, 11) is 1.50. The van der Waals surface area contributed by atoms with E-state index in [0.29, 0.717) is 0 Å². The maximum atomic E-state index is 10.2. The van der Waals surface area contributed by atoms with Crippen LogP contribution in [-0.4, -0.2) is 38.1 Å². The van der Waals surface area contributed by atoms with Gasteiger partial charge in [0.1, 0.15) is 0 Å². The highest BCUT2D eigenvalue weighted by Gasteiger charge is 2.41. The second-order valence-corrected chi connectivity index (χ2v) is 8.46. The van der Waals surface area contributed by atoms with Gasteiger partial charge in [0.2, 0.25) is 0 Å². The second-order valence-electron chi connectivity index (χ2n) is 8.46. The summed E-state index contributed by atoms with van der Waals surface area (Å²) in [6, 6.07) is 11.5. The number of nitrogens with zero attached hydrogens (tertiary/aromatic N) is 2. The molecule has 0 radical (unpaired) electrons. The Bertz CT molecular complexity index is 878. The lowest BCUT2D eigenvalue weighted by molar-refractivity contribution is 0.128. The van der Waals surface area contributed by atoms with Crippen LogP contribution in [0.3, 0.4) is 0 Å². The van der Waals surface area contributed by atoms with Crippen LogP contribution in [0.2, 0.25) is 0 Å². The number of likely N-dealkylation sites (tertiary alicyclic amines) is 1. The number of aryl methyl sites for hydroxylation is 1. The molecule has 1 unspecified atom stereocenters. The minimum atomic E-state index is -0.292. The molecule has 2 heterocycles. The van der Waals surface area contributed by atoms with E-state index < -0.39 is 0 Å². The Hall–Kier alpha value is -2.81. The Morgan fingerprint density at radius 3 is 2.50 bits per heavy atom. The molecule has 32 heavy (non-hydrogen) atoms. The molecule has 1 aromatic rings. The zero-order valence-electron chi connectivity index (χ0n) is 19.9. The van der Waals surface area contributed by atoms with Crippen molar-refractivity contribution in [1.29, 1.82) is 5.26 Å². The van der Waals surface area contributed by atoms with Crippen molar-refractivity contribution in [2.75, 3.05) is 33.2 Å². The Kier molecular flexibility index (Phi) is 9.77. The molecular formula is C27H39N5. The van der Waals surface area contributed by atoms with E-state index in [2.05, 4.69) is 78.9 Å². The van der Waals surface area contributed by atoms with Crippen LogP contribution < -0.4 is 16.8 Å². The normalized spacial score (nSPS) is 19.3. The van der Waals surface area contributed by atoms with Gasteiger partial charge in [0, 0.05) is 32.1 Å². The third kappa shape index (κ3) is 5.91. The molecule has 0 spiro atoms. The van der Waals surface area contributed by atoms with Crippen LogP contribution in [-0.2, 0) is 0 Å². The van der Waals surface area contributed by atoms with Gasteiger partial charge < -0.3 is 16.8 Å². The van der Waals surface area contributed by atoms with Crippen LogP contribution in [0.1, 0.15) is 43.2 Å². The number of hydrogen-bond acceptors (Lipinski definition) is 5. The molecule has 1 atom stereocenters. The first kappa shape index (κ1) is 25.5. The maximum absolute atomic E-state index is 10.2. The lowest BCUT2D eigenvalue weighted by atomic mass is 9.66. The Morgan fingerprint density at radius 1 is 1.28 bits per heavy atom.